The molecule has 1 aromatic carbocycles. The van der Waals surface area contributed by atoms with Crippen LogP contribution in [0.1, 0.15) is 19.7 Å². The molecule has 2 heterocycles. The Kier molecular flexibility index (Phi) is 4.92. The number of hydrogen-bond donors (Lipinski definition) is 0. The second-order valence-electron chi connectivity index (χ2n) is 5.33. The van der Waals surface area contributed by atoms with E-state index in [2.05, 4.69) is 39.6 Å². The number of thioether (sulfide) groups is 1. The lowest BCUT2D eigenvalue weighted by Crippen LogP contribution is -2.07. The number of hydrogen-bond acceptors (Lipinski definition) is 7. The van der Waals surface area contributed by atoms with Gasteiger partial charge in [-0.1, -0.05) is 37.2 Å². The molecule has 0 amide bonds. The van der Waals surface area contributed by atoms with Crippen molar-refractivity contribution >= 4 is 23.4 Å². The molecule has 9 heteroatoms. The summed E-state index contributed by atoms with van der Waals surface area (Å²) in [6.45, 7) is 5.01. The van der Waals surface area contributed by atoms with E-state index in [1.54, 1.807) is 16.8 Å². The molecule has 0 bridgehead atoms. The van der Waals surface area contributed by atoms with Crippen molar-refractivity contribution in [2.75, 3.05) is 0 Å². The Balaban J connectivity index is 1.66. The highest BCUT2D eigenvalue weighted by Gasteiger charge is 2.12. The number of benzene rings is 1. The average Bonchev–Trinajstić information content (AvgIpc) is 3.15. The van der Waals surface area contributed by atoms with E-state index in [0.717, 1.165) is 17.3 Å². The summed E-state index contributed by atoms with van der Waals surface area (Å²) < 4.78 is 7.45. The standard InChI is InChI=1S/C14H15ClN6OS/c1-9(2)7-21-14(18-19-20-21)23-8-12-16-17-13(22-12)10-3-5-11(15)6-4-10/h3-6,9H,7-8H2,1-2H3. The van der Waals surface area contributed by atoms with Gasteiger partial charge in [0.1, 0.15) is 0 Å². The summed E-state index contributed by atoms with van der Waals surface area (Å²) in [5.41, 5.74) is 0.836. The zero-order valence-electron chi connectivity index (χ0n) is 12.7. The molecular formula is C14H15ClN6OS. The average molecular weight is 351 g/mol. The first-order valence-corrected chi connectivity index (χ1v) is 8.45. The Morgan fingerprint density at radius 2 is 1.96 bits per heavy atom. The molecule has 23 heavy (non-hydrogen) atoms. The maximum atomic E-state index is 5.87. The lowest BCUT2D eigenvalue weighted by atomic mass is 10.2. The van der Waals surface area contributed by atoms with Gasteiger partial charge in [0.25, 0.3) is 0 Å². The van der Waals surface area contributed by atoms with Gasteiger partial charge >= 0.3 is 0 Å². The quantitative estimate of drug-likeness (QED) is 0.630. The fourth-order valence-corrected chi connectivity index (χ4v) is 2.76. The highest BCUT2D eigenvalue weighted by Crippen LogP contribution is 2.24. The van der Waals surface area contributed by atoms with Gasteiger partial charge in [-0.25, -0.2) is 4.68 Å². The number of rotatable bonds is 6. The van der Waals surface area contributed by atoms with Gasteiger partial charge in [-0.3, -0.25) is 0 Å². The molecule has 0 aliphatic rings. The number of nitrogens with zero attached hydrogens (tertiary/aromatic N) is 6. The molecule has 0 aliphatic carbocycles. The molecule has 0 fully saturated rings. The van der Waals surface area contributed by atoms with Gasteiger partial charge in [0.15, 0.2) is 0 Å². The topological polar surface area (TPSA) is 82.5 Å². The van der Waals surface area contributed by atoms with Crippen molar-refractivity contribution in [1.29, 1.82) is 0 Å². The Morgan fingerprint density at radius 1 is 1.17 bits per heavy atom. The van der Waals surface area contributed by atoms with Crippen LogP contribution in [0.3, 0.4) is 0 Å². The number of aromatic nitrogens is 6. The summed E-state index contributed by atoms with van der Waals surface area (Å²) in [4.78, 5) is 0. The van der Waals surface area contributed by atoms with Crippen LogP contribution in [0.4, 0.5) is 0 Å². The first-order valence-electron chi connectivity index (χ1n) is 7.09. The second-order valence-corrected chi connectivity index (χ2v) is 6.71. The minimum absolute atomic E-state index is 0.470. The predicted molar refractivity (Wildman–Crippen MR) is 87.0 cm³/mol. The lowest BCUT2D eigenvalue weighted by Gasteiger charge is -2.05. The molecule has 2 aromatic heterocycles. The summed E-state index contributed by atoms with van der Waals surface area (Å²) in [6.07, 6.45) is 0. The number of tetrazole rings is 1. The lowest BCUT2D eigenvalue weighted by molar-refractivity contribution is 0.445. The van der Waals surface area contributed by atoms with Crippen LogP contribution in [0, 0.1) is 5.92 Å². The van der Waals surface area contributed by atoms with Crippen molar-refractivity contribution in [3.63, 3.8) is 0 Å². The maximum Gasteiger partial charge on any atom is 0.247 e. The maximum absolute atomic E-state index is 5.87. The molecule has 0 aliphatic heterocycles. The molecule has 3 aromatic rings. The molecule has 3 rings (SSSR count). The molecule has 0 atom stereocenters. The van der Waals surface area contributed by atoms with Crippen LogP contribution in [-0.2, 0) is 12.3 Å². The van der Waals surface area contributed by atoms with E-state index >= 15 is 0 Å². The molecule has 120 valence electrons. The van der Waals surface area contributed by atoms with Crippen molar-refractivity contribution in [1.82, 2.24) is 30.4 Å². The molecule has 0 N–H and O–H groups in total. The van der Waals surface area contributed by atoms with E-state index in [1.165, 1.54) is 11.8 Å². The van der Waals surface area contributed by atoms with Crippen molar-refractivity contribution in [2.24, 2.45) is 5.92 Å². The highest BCUT2D eigenvalue weighted by molar-refractivity contribution is 7.98. The van der Waals surface area contributed by atoms with Gasteiger partial charge in [0.2, 0.25) is 16.9 Å². The molecular weight excluding hydrogens is 336 g/mol. The van der Waals surface area contributed by atoms with Crippen LogP contribution >= 0.6 is 23.4 Å². The minimum Gasteiger partial charge on any atom is -0.420 e. The molecule has 0 saturated carbocycles. The number of halogens is 1. The first kappa shape index (κ1) is 15.9. The minimum atomic E-state index is 0.470. The van der Waals surface area contributed by atoms with Crippen LogP contribution in [0.2, 0.25) is 5.02 Å². The van der Waals surface area contributed by atoms with E-state index in [4.69, 9.17) is 16.0 Å². The Bertz CT molecular complexity index is 770. The Morgan fingerprint density at radius 3 is 2.70 bits per heavy atom. The van der Waals surface area contributed by atoms with E-state index in [9.17, 15) is 0 Å². The van der Waals surface area contributed by atoms with Crippen molar-refractivity contribution in [3.8, 4) is 11.5 Å². The summed E-state index contributed by atoms with van der Waals surface area (Å²) in [5, 5.41) is 21.2. The highest BCUT2D eigenvalue weighted by atomic mass is 35.5. The van der Waals surface area contributed by atoms with Crippen LogP contribution in [0.15, 0.2) is 33.8 Å². The summed E-state index contributed by atoms with van der Waals surface area (Å²) in [5.74, 6) is 1.98. The predicted octanol–water partition coefficient (Wildman–Crippen LogP) is 3.32. The van der Waals surface area contributed by atoms with Crippen LogP contribution in [-0.4, -0.2) is 30.4 Å². The van der Waals surface area contributed by atoms with E-state index in [1.807, 2.05) is 12.1 Å². The van der Waals surface area contributed by atoms with Gasteiger partial charge in [-0.05, 0) is 40.6 Å². The second kappa shape index (κ2) is 7.10. The molecule has 0 saturated heterocycles. The third-order valence-electron chi connectivity index (χ3n) is 2.92. The van der Waals surface area contributed by atoms with Crippen molar-refractivity contribution in [3.05, 3.63) is 35.2 Å². The molecule has 0 spiro atoms. The van der Waals surface area contributed by atoms with Gasteiger partial charge in [0.05, 0.1) is 5.75 Å². The normalized spacial score (nSPS) is 11.3. The Labute approximate surface area is 142 Å². The van der Waals surface area contributed by atoms with Crippen LogP contribution in [0.5, 0.6) is 0 Å². The fraction of sp³-hybridized carbons (Fsp3) is 0.357. The largest absolute Gasteiger partial charge is 0.420 e. The van der Waals surface area contributed by atoms with Crippen molar-refractivity contribution in [2.45, 2.75) is 31.3 Å². The zero-order valence-corrected chi connectivity index (χ0v) is 14.3. The van der Waals surface area contributed by atoms with E-state index in [0.29, 0.717) is 28.5 Å². The third-order valence-corrected chi connectivity index (χ3v) is 4.11. The fourth-order valence-electron chi connectivity index (χ4n) is 1.91. The van der Waals surface area contributed by atoms with E-state index in [-0.39, 0.29) is 0 Å². The summed E-state index contributed by atoms with van der Waals surface area (Å²) in [6, 6.07) is 7.26. The summed E-state index contributed by atoms with van der Waals surface area (Å²) >= 11 is 7.34. The molecule has 0 radical (unpaired) electrons. The van der Waals surface area contributed by atoms with Gasteiger partial charge < -0.3 is 4.42 Å². The van der Waals surface area contributed by atoms with Gasteiger partial charge in [-0.2, -0.15) is 0 Å². The van der Waals surface area contributed by atoms with Crippen molar-refractivity contribution < 1.29 is 4.42 Å². The Hall–Kier alpha value is -1.93. The zero-order chi connectivity index (χ0) is 16.2. The van der Waals surface area contributed by atoms with Gasteiger partial charge in [0, 0.05) is 17.1 Å². The van der Waals surface area contributed by atoms with E-state index < -0.39 is 0 Å². The third kappa shape index (κ3) is 4.08. The van der Waals surface area contributed by atoms with Crippen LogP contribution < -0.4 is 0 Å². The smallest absolute Gasteiger partial charge is 0.247 e. The molecule has 0 unspecified atom stereocenters. The monoisotopic (exact) mass is 350 g/mol. The molecule has 7 nitrogen and oxygen atoms in total. The SMILES string of the molecule is CC(C)Cn1nnnc1SCc1nnc(-c2ccc(Cl)cc2)o1. The van der Waals surface area contributed by atoms with Crippen LogP contribution in [0.25, 0.3) is 11.5 Å². The summed E-state index contributed by atoms with van der Waals surface area (Å²) in [7, 11) is 0. The first-order chi connectivity index (χ1) is 11.1. The van der Waals surface area contributed by atoms with Gasteiger partial charge in [-0.15, -0.1) is 15.3 Å².